The van der Waals surface area contributed by atoms with Gasteiger partial charge in [0.1, 0.15) is 12.3 Å². The number of hydrogen-bond acceptors (Lipinski definition) is 4. The zero-order valence-electron chi connectivity index (χ0n) is 13.7. The van der Waals surface area contributed by atoms with Crippen LogP contribution in [0.15, 0.2) is 36.5 Å². The van der Waals surface area contributed by atoms with E-state index in [9.17, 15) is 4.79 Å². The summed E-state index contributed by atoms with van der Waals surface area (Å²) in [6.45, 7) is 4.09. The van der Waals surface area contributed by atoms with Gasteiger partial charge in [-0.1, -0.05) is 23.7 Å². The van der Waals surface area contributed by atoms with Crippen LogP contribution in [0.1, 0.15) is 17.0 Å². The number of aryl methyl sites for hydroxylation is 2. The maximum absolute atomic E-state index is 11.2. The number of pyridine rings is 1. The Labute approximate surface area is 144 Å². The van der Waals surface area contributed by atoms with Crippen molar-refractivity contribution in [1.82, 2.24) is 9.38 Å². The van der Waals surface area contributed by atoms with Crippen molar-refractivity contribution in [1.29, 1.82) is 0 Å². The van der Waals surface area contributed by atoms with Gasteiger partial charge >= 0.3 is 6.16 Å². The van der Waals surface area contributed by atoms with Crippen LogP contribution in [0.5, 0.6) is 0 Å². The van der Waals surface area contributed by atoms with Crippen molar-refractivity contribution in [3.63, 3.8) is 0 Å². The normalized spacial score (nSPS) is 10.8. The fourth-order valence-electron chi connectivity index (χ4n) is 2.58. The fraction of sp³-hybridized carbons (Fsp3) is 0.222. The zero-order valence-corrected chi connectivity index (χ0v) is 14.4. The first-order valence-corrected chi connectivity index (χ1v) is 7.82. The summed E-state index contributed by atoms with van der Waals surface area (Å²) < 4.78 is 11.6. The van der Waals surface area contributed by atoms with Crippen molar-refractivity contribution in [2.45, 2.75) is 20.5 Å². The molecule has 2 heterocycles. The molecule has 0 aliphatic rings. The van der Waals surface area contributed by atoms with E-state index >= 15 is 0 Å². The van der Waals surface area contributed by atoms with Crippen molar-refractivity contribution in [2.75, 3.05) is 7.11 Å². The Morgan fingerprint density at radius 3 is 2.79 bits per heavy atom. The van der Waals surface area contributed by atoms with Crippen LogP contribution >= 0.6 is 11.6 Å². The molecule has 3 rings (SSSR count). The molecule has 0 radical (unpaired) electrons. The molecule has 1 aromatic carbocycles. The second-order valence-corrected chi connectivity index (χ2v) is 5.93. The summed E-state index contributed by atoms with van der Waals surface area (Å²) >= 11 is 6.13. The van der Waals surface area contributed by atoms with Gasteiger partial charge < -0.3 is 13.9 Å². The molecule has 0 amide bonds. The molecular weight excluding hydrogens is 328 g/mol. The number of rotatable bonds is 3. The molecule has 0 unspecified atom stereocenters. The minimum atomic E-state index is -0.710. The molecule has 0 aliphatic heterocycles. The number of fused-ring (bicyclic) bond motifs is 1. The quantitative estimate of drug-likeness (QED) is 0.654. The average Bonchev–Trinajstić information content (AvgIpc) is 2.87. The van der Waals surface area contributed by atoms with Crippen LogP contribution in [-0.2, 0) is 16.1 Å². The van der Waals surface area contributed by atoms with Crippen LogP contribution in [0.2, 0.25) is 5.02 Å². The summed E-state index contributed by atoms with van der Waals surface area (Å²) in [6.07, 6.45) is 1.21. The number of ether oxygens (including phenoxy) is 2. The standard InChI is InChI=1S/C18H17ClN2O3/c1-11-12(2)21-9-13(10-24-18(22)23-3)7-16(17(21)20-11)14-5-4-6-15(19)8-14/h4-9H,10H2,1-3H3. The monoisotopic (exact) mass is 344 g/mol. The number of halogens is 1. The van der Waals surface area contributed by atoms with Crippen molar-refractivity contribution in [2.24, 2.45) is 0 Å². The highest BCUT2D eigenvalue weighted by Gasteiger charge is 2.14. The zero-order chi connectivity index (χ0) is 17.3. The van der Waals surface area contributed by atoms with Gasteiger partial charge in [0.2, 0.25) is 0 Å². The molecule has 24 heavy (non-hydrogen) atoms. The Morgan fingerprint density at radius 1 is 1.29 bits per heavy atom. The number of nitrogens with zero attached hydrogens (tertiary/aromatic N) is 2. The molecule has 124 valence electrons. The molecule has 0 saturated heterocycles. The fourth-order valence-corrected chi connectivity index (χ4v) is 2.77. The largest absolute Gasteiger partial charge is 0.508 e. The third-order valence-corrected chi connectivity index (χ3v) is 4.15. The van der Waals surface area contributed by atoms with Crippen LogP contribution in [-0.4, -0.2) is 22.6 Å². The van der Waals surface area contributed by atoms with E-state index in [1.54, 1.807) is 0 Å². The molecule has 0 bridgehead atoms. The van der Waals surface area contributed by atoms with Crippen LogP contribution in [0.25, 0.3) is 16.8 Å². The van der Waals surface area contributed by atoms with Crippen molar-refractivity contribution in [3.05, 3.63) is 58.5 Å². The van der Waals surface area contributed by atoms with Gasteiger partial charge in [0, 0.05) is 28.0 Å². The van der Waals surface area contributed by atoms with E-state index in [0.29, 0.717) is 5.02 Å². The van der Waals surface area contributed by atoms with Gasteiger partial charge in [-0.2, -0.15) is 0 Å². The number of carbonyl (C=O) groups is 1. The molecule has 0 fully saturated rings. The number of imidazole rings is 1. The maximum atomic E-state index is 11.2. The Kier molecular flexibility index (Phi) is 4.44. The topological polar surface area (TPSA) is 52.8 Å². The Balaban J connectivity index is 2.15. The molecule has 5 nitrogen and oxygen atoms in total. The molecule has 0 aliphatic carbocycles. The molecule has 2 aromatic heterocycles. The van der Waals surface area contributed by atoms with E-state index in [1.165, 1.54) is 7.11 Å². The third kappa shape index (κ3) is 3.08. The van der Waals surface area contributed by atoms with Crippen LogP contribution in [0.4, 0.5) is 4.79 Å². The van der Waals surface area contributed by atoms with E-state index in [4.69, 9.17) is 16.3 Å². The second kappa shape index (κ2) is 6.53. The van der Waals surface area contributed by atoms with Gasteiger partial charge in [0.25, 0.3) is 0 Å². The molecule has 0 N–H and O–H groups in total. The third-order valence-electron chi connectivity index (χ3n) is 3.91. The highest BCUT2D eigenvalue weighted by molar-refractivity contribution is 6.30. The first-order chi connectivity index (χ1) is 11.5. The Hall–Kier alpha value is -2.53. The van der Waals surface area contributed by atoms with Gasteiger partial charge in [-0.05, 0) is 37.6 Å². The van der Waals surface area contributed by atoms with Gasteiger partial charge in [0.05, 0.1) is 12.8 Å². The summed E-state index contributed by atoms with van der Waals surface area (Å²) in [5.41, 5.74) is 5.55. The van der Waals surface area contributed by atoms with Gasteiger partial charge in [-0.15, -0.1) is 0 Å². The number of carbonyl (C=O) groups excluding carboxylic acids is 1. The van der Waals surface area contributed by atoms with Crippen LogP contribution in [0.3, 0.4) is 0 Å². The van der Waals surface area contributed by atoms with Gasteiger partial charge in [-0.3, -0.25) is 0 Å². The molecule has 6 heteroatoms. The highest BCUT2D eigenvalue weighted by atomic mass is 35.5. The first kappa shape index (κ1) is 16.3. The maximum Gasteiger partial charge on any atom is 0.508 e. The Morgan fingerprint density at radius 2 is 2.08 bits per heavy atom. The lowest BCUT2D eigenvalue weighted by Gasteiger charge is -2.10. The predicted octanol–water partition coefficient (Wildman–Crippen LogP) is 4.55. The number of methoxy groups -OCH3 is 1. The highest BCUT2D eigenvalue weighted by Crippen LogP contribution is 2.29. The molecule has 0 atom stereocenters. The lowest BCUT2D eigenvalue weighted by atomic mass is 10.1. The van der Waals surface area contributed by atoms with E-state index in [0.717, 1.165) is 33.7 Å². The summed E-state index contributed by atoms with van der Waals surface area (Å²) in [4.78, 5) is 15.9. The van der Waals surface area contributed by atoms with Crippen LogP contribution in [0, 0.1) is 13.8 Å². The second-order valence-electron chi connectivity index (χ2n) is 5.49. The lowest BCUT2D eigenvalue weighted by Crippen LogP contribution is -2.05. The molecule has 0 spiro atoms. The summed E-state index contributed by atoms with van der Waals surface area (Å²) in [5, 5.41) is 0.655. The number of aromatic nitrogens is 2. The summed E-state index contributed by atoms with van der Waals surface area (Å²) in [5.74, 6) is 0. The smallest absolute Gasteiger partial charge is 0.438 e. The van der Waals surface area contributed by atoms with Gasteiger partial charge in [0.15, 0.2) is 0 Å². The van der Waals surface area contributed by atoms with Crippen molar-refractivity contribution in [3.8, 4) is 11.1 Å². The first-order valence-electron chi connectivity index (χ1n) is 7.44. The molecule has 3 aromatic rings. The number of benzene rings is 1. The minimum absolute atomic E-state index is 0.118. The van der Waals surface area contributed by atoms with E-state index in [2.05, 4.69) is 9.72 Å². The van der Waals surface area contributed by atoms with Crippen LogP contribution < -0.4 is 0 Å². The van der Waals surface area contributed by atoms with E-state index < -0.39 is 6.16 Å². The molecule has 0 saturated carbocycles. The predicted molar refractivity (Wildman–Crippen MR) is 92.3 cm³/mol. The summed E-state index contributed by atoms with van der Waals surface area (Å²) in [7, 11) is 1.28. The minimum Gasteiger partial charge on any atom is -0.438 e. The SMILES string of the molecule is COC(=O)OCc1cc(-c2cccc(Cl)c2)c2nc(C)c(C)n2c1. The van der Waals surface area contributed by atoms with Crippen molar-refractivity contribution < 1.29 is 14.3 Å². The molecular formula is C18H17ClN2O3. The summed E-state index contributed by atoms with van der Waals surface area (Å²) in [6, 6.07) is 9.55. The average molecular weight is 345 g/mol. The number of hydrogen-bond donors (Lipinski definition) is 0. The van der Waals surface area contributed by atoms with E-state index in [-0.39, 0.29) is 6.61 Å². The Bertz CT molecular complexity index is 918. The van der Waals surface area contributed by atoms with Gasteiger partial charge in [-0.25, -0.2) is 9.78 Å². The lowest BCUT2D eigenvalue weighted by molar-refractivity contribution is 0.0668. The van der Waals surface area contributed by atoms with E-state index in [1.807, 2.05) is 54.8 Å². The van der Waals surface area contributed by atoms with Crippen molar-refractivity contribution >= 4 is 23.4 Å².